The Kier molecular flexibility index (Phi) is 5.00. The van der Waals surface area contributed by atoms with Crippen molar-refractivity contribution in [2.24, 2.45) is 5.41 Å². The molecule has 1 N–H and O–H groups in total. The van der Waals surface area contributed by atoms with E-state index in [1.54, 1.807) is 12.5 Å². The van der Waals surface area contributed by atoms with Gasteiger partial charge in [-0.1, -0.05) is 26.8 Å². The van der Waals surface area contributed by atoms with E-state index in [2.05, 4.69) is 44.3 Å². The van der Waals surface area contributed by atoms with Gasteiger partial charge < -0.3 is 9.73 Å². The third kappa shape index (κ3) is 3.93. The number of rotatable bonds is 4. The number of nitrogens with one attached hydrogen (secondary N) is 1. The van der Waals surface area contributed by atoms with Crippen LogP contribution in [0, 0.1) is 5.41 Å². The highest BCUT2D eigenvalue weighted by Crippen LogP contribution is 2.34. The minimum Gasteiger partial charge on any atom is -0.472 e. The normalized spacial score (nSPS) is 12.2. The fraction of sp³-hybridized carbons (Fsp3) is 0.421. The topological polar surface area (TPSA) is 42.5 Å². The fourth-order valence-corrected chi connectivity index (χ4v) is 3.41. The van der Waals surface area contributed by atoms with Crippen molar-refractivity contribution in [3.63, 3.8) is 0 Å². The molecule has 0 bridgehead atoms. The number of nitrogens with zero attached hydrogens (tertiary/aromatic N) is 2. The molecule has 3 heterocycles. The maximum Gasteiger partial charge on any atom is 0.139 e. The zero-order valence-corrected chi connectivity index (χ0v) is 15.8. The van der Waals surface area contributed by atoms with Crippen molar-refractivity contribution >= 4 is 23.9 Å². The molecule has 0 saturated heterocycles. The number of furan rings is 1. The van der Waals surface area contributed by atoms with Gasteiger partial charge in [0, 0.05) is 17.3 Å². The van der Waals surface area contributed by atoms with Gasteiger partial charge in [-0.2, -0.15) is 0 Å². The monoisotopic (exact) mass is 347 g/mol. The van der Waals surface area contributed by atoms with Crippen LogP contribution in [0.2, 0.25) is 0 Å². The molecule has 0 radical (unpaired) electrons. The van der Waals surface area contributed by atoms with Gasteiger partial charge in [0.1, 0.15) is 17.2 Å². The van der Waals surface area contributed by atoms with Crippen LogP contribution in [-0.4, -0.2) is 14.9 Å². The van der Waals surface area contributed by atoms with Gasteiger partial charge in [-0.3, -0.25) is 4.40 Å². The average molecular weight is 348 g/mol. The highest BCUT2D eigenvalue weighted by Gasteiger charge is 2.28. The Morgan fingerprint density at radius 1 is 1.12 bits per heavy atom. The van der Waals surface area contributed by atoms with Gasteiger partial charge in [0.05, 0.1) is 12.5 Å². The molecule has 0 aliphatic rings. The molecule has 3 rings (SSSR count). The lowest BCUT2D eigenvalue weighted by Gasteiger charge is -2.34. The van der Waals surface area contributed by atoms with Crippen LogP contribution in [0.4, 0.5) is 5.82 Å². The second-order valence-electron chi connectivity index (χ2n) is 8.00. The van der Waals surface area contributed by atoms with E-state index in [9.17, 15) is 0 Å². The first kappa shape index (κ1) is 18.4. The molecule has 4 nitrogen and oxygen atoms in total. The molecule has 0 aromatic carbocycles. The Bertz CT molecular complexity index is 798. The van der Waals surface area contributed by atoms with Gasteiger partial charge in [0.25, 0.3) is 0 Å². The first-order valence-electron chi connectivity index (χ1n) is 8.03. The van der Waals surface area contributed by atoms with Crippen molar-refractivity contribution in [1.29, 1.82) is 0 Å². The smallest absolute Gasteiger partial charge is 0.139 e. The molecule has 5 heteroatoms. The van der Waals surface area contributed by atoms with Gasteiger partial charge in [-0.15, -0.1) is 12.4 Å². The zero-order chi connectivity index (χ0) is 16.7. The molecular formula is C19H26ClN3O. The third-order valence-electron chi connectivity index (χ3n) is 3.75. The van der Waals surface area contributed by atoms with Gasteiger partial charge in [0.15, 0.2) is 0 Å². The van der Waals surface area contributed by atoms with Crippen LogP contribution in [0.3, 0.4) is 0 Å². The lowest BCUT2D eigenvalue weighted by atomic mass is 9.82. The van der Waals surface area contributed by atoms with E-state index >= 15 is 0 Å². The molecule has 0 amide bonds. The van der Waals surface area contributed by atoms with Crippen LogP contribution in [0.25, 0.3) is 16.9 Å². The first-order valence-corrected chi connectivity index (χ1v) is 8.03. The van der Waals surface area contributed by atoms with Crippen LogP contribution in [0.5, 0.6) is 0 Å². The van der Waals surface area contributed by atoms with Crippen molar-refractivity contribution in [1.82, 2.24) is 9.38 Å². The van der Waals surface area contributed by atoms with E-state index in [4.69, 9.17) is 9.40 Å². The van der Waals surface area contributed by atoms with Crippen LogP contribution in [-0.2, 0) is 0 Å². The Labute approximate surface area is 149 Å². The molecular weight excluding hydrogens is 322 g/mol. The quantitative estimate of drug-likeness (QED) is 0.663. The van der Waals surface area contributed by atoms with Gasteiger partial charge in [0.2, 0.25) is 0 Å². The molecule has 0 aliphatic carbocycles. The Balaban J connectivity index is 0.00000208. The maximum atomic E-state index is 5.25. The Morgan fingerprint density at radius 2 is 1.88 bits per heavy atom. The molecule has 0 aliphatic heterocycles. The third-order valence-corrected chi connectivity index (χ3v) is 3.75. The van der Waals surface area contributed by atoms with E-state index < -0.39 is 0 Å². The lowest BCUT2D eigenvalue weighted by Crippen LogP contribution is -2.36. The average Bonchev–Trinajstić information content (AvgIpc) is 3.03. The molecule has 0 fully saturated rings. The van der Waals surface area contributed by atoms with E-state index in [1.807, 2.05) is 30.5 Å². The summed E-state index contributed by atoms with van der Waals surface area (Å²) in [5.41, 5.74) is 3.03. The first-order chi connectivity index (χ1) is 10.8. The van der Waals surface area contributed by atoms with E-state index in [1.165, 1.54) is 0 Å². The highest BCUT2D eigenvalue weighted by molar-refractivity contribution is 5.85. The fourth-order valence-electron chi connectivity index (χ4n) is 3.41. The lowest BCUT2D eigenvalue weighted by molar-refractivity contribution is 0.302. The summed E-state index contributed by atoms with van der Waals surface area (Å²) in [5.74, 6) is 1.01. The van der Waals surface area contributed by atoms with Crippen molar-refractivity contribution in [3.8, 4) is 11.3 Å². The predicted octanol–water partition coefficient (Wildman–Crippen LogP) is 5.64. The summed E-state index contributed by atoms with van der Waals surface area (Å²) in [6.07, 6.45) is 6.51. The minimum atomic E-state index is -0.0530. The van der Waals surface area contributed by atoms with Gasteiger partial charge in [-0.05, 0) is 43.9 Å². The predicted molar refractivity (Wildman–Crippen MR) is 102 cm³/mol. The Hall–Kier alpha value is -1.94. The number of fused-ring (bicyclic) bond motifs is 1. The van der Waals surface area contributed by atoms with E-state index in [-0.39, 0.29) is 23.4 Å². The van der Waals surface area contributed by atoms with Crippen LogP contribution >= 0.6 is 12.4 Å². The molecule has 24 heavy (non-hydrogen) atoms. The van der Waals surface area contributed by atoms with Crippen LogP contribution in [0.15, 0.2) is 47.4 Å². The minimum absolute atomic E-state index is 0. The molecule has 0 atom stereocenters. The molecule has 0 spiro atoms. The number of pyridine rings is 1. The van der Waals surface area contributed by atoms with Crippen molar-refractivity contribution in [3.05, 3.63) is 43.0 Å². The molecule has 0 unspecified atom stereocenters. The summed E-state index contributed by atoms with van der Waals surface area (Å²) < 4.78 is 7.36. The standard InChI is InChI=1S/C19H25N3O.ClH/c1-18(2,3)13-19(4,5)21-17-16(14-9-11-23-12-14)20-15-8-6-7-10-22(15)17;/h6-12,21H,13H2,1-5H3;1H. The van der Waals surface area contributed by atoms with Crippen molar-refractivity contribution in [2.45, 2.75) is 46.6 Å². The molecule has 3 aromatic rings. The van der Waals surface area contributed by atoms with E-state index in [0.29, 0.717) is 0 Å². The highest BCUT2D eigenvalue weighted by atomic mass is 35.5. The second kappa shape index (κ2) is 6.52. The summed E-state index contributed by atoms with van der Waals surface area (Å²) >= 11 is 0. The number of aromatic nitrogens is 2. The zero-order valence-electron chi connectivity index (χ0n) is 15.0. The van der Waals surface area contributed by atoms with Gasteiger partial charge in [-0.25, -0.2) is 4.98 Å². The number of anilines is 1. The molecule has 0 saturated carbocycles. The summed E-state index contributed by atoms with van der Waals surface area (Å²) in [4.78, 5) is 4.78. The second-order valence-corrected chi connectivity index (χ2v) is 8.00. The summed E-state index contributed by atoms with van der Waals surface area (Å²) in [7, 11) is 0. The number of hydrogen-bond acceptors (Lipinski definition) is 3. The SMILES string of the molecule is CC(C)(C)CC(C)(C)Nc1c(-c2ccoc2)nc2ccccn12.Cl. The Morgan fingerprint density at radius 3 is 2.50 bits per heavy atom. The largest absolute Gasteiger partial charge is 0.472 e. The van der Waals surface area contributed by atoms with Crippen LogP contribution in [0.1, 0.15) is 41.0 Å². The molecule has 3 aromatic heterocycles. The number of hydrogen-bond donors (Lipinski definition) is 1. The maximum absolute atomic E-state index is 5.25. The van der Waals surface area contributed by atoms with Crippen molar-refractivity contribution < 1.29 is 4.42 Å². The van der Waals surface area contributed by atoms with Crippen LogP contribution < -0.4 is 5.32 Å². The number of halogens is 1. The summed E-state index contributed by atoms with van der Waals surface area (Å²) in [6.45, 7) is 11.3. The van der Waals surface area contributed by atoms with Crippen molar-refractivity contribution in [2.75, 3.05) is 5.32 Å². The van der Waals surface area contributed by atoms with E-state index in [0.717, 1.165) is 29.1 Å². The molecule has 130 valence electrons. The summed E-state index contributed by atoms with van der Waals surface area (Å²) in [6, 6.07) is 8.00. The van der Waals surface area contributed by atoms with Gasteiger partial charge >= 0.3 is 0 Å². The number of imidazole rings is 1. The summed E-state index contributed by atoms with van der Waals surface area (Å²) in [5, 5.41) is 3.71.